The van der Waals surface area contributed by atoms with Gasteiger partial charge in [0, 0.05) is 18.8 Å². The molecule has 6 heteroatoms. The molecule has 6 nitrogen and oxygen atoms in total. The Labute approximate surface area is 123 Å². The number of rotatable bonds is 4. The molecule has 0 spiro atoms. The van der Waals surface area contributed by atoms with Crippen LogP contribution in [0.1, 0.15) is 31.6 Å². The third-order valence-electron chi connectivity index (χ3n) is 3.59. The zero-order valence-corrected chi connectivity index (χ0v) is 12.0. The Morgan fingerprint density at radius 3 is 2.52 bits per heavy atom. The molecule has 3 rings (SSSR count). The summed E-state index contributed by atoms with van der Waals surface area (Å²) in [5.74, 6) is 1.90. The maximum absolute atomic E-state index is 5.63. The molecule has 0 unspecified atom stereocenters. The summed E-state index contributed by atoms with van der Waals surface area (Å²) in [6, 6.07) is 7.24. The highest BCUT2D eigenvalue weighted by Gasteiger charge is 2.16. The van der Waals surface area contributed by atoms with Gasteiger partial charge in [0.1, 0.15) is 5.75 Å². The van der Waals surface area contributed by atoms with Gasteiger partial charge in [-0.2, -0.15) is 4.98 Å². The van der Waals surface area contributed by atoms with Crippen LogP contribution in [-0.2, 0) is 6.61 Å². The lowest BCUT2D eigenvalue weighted by atomic mass is 10.2. The summed E-state index contributed by atoms with van der Waals surface area (Å²) in [5, 5.41) is 4.05. The van der Waals surface area contributed by atoms with Crippen molar-refractivity contribution in [2.45, 2.75) is 32.3 Å². The molecule has 2 N–H and O–H groups in total. The van der Waals surface area contributed by atoms with Gasteiger partial charge in [0.15, 0.2) is 6.61 Å². The molecule has 0 saturated carbocycles. The van der Waals surface area contributed by atoms with Crippen LogP contribution >= 0.6 is 0 Å². The monoisotopic (exact) mass is 288 g/mol. The Kier molecular flexibility index (Phi) is 4.23. The normalized spacial score (nSPS) is 15.7. The molecule has 112 valence electrons. The van der Waals surface area contributed by atoms with E-state index in [2.05, 4.69) is 15.0 Å². The second-order valence-corrected chi connectivity index (χ2v) is 5.25. The first-order valence-corrected chi connectivity index (χ1v) is 7.37. The predicted molar refractivity (Wildman–Crippen MR) is 80.2 cm³/mol. The number of anilines is 2. The summed E-state index contributed by atoms with van der Waals surface area (Å²) in [6.45, 7) is 2.26. The molecule has 1 aliphatic heterocycles. The van der Waals surface area contributed by atoms with Crippen LogP contribution in [-0.4, -0.2) is 23.2 Å². The highest BCUT2D eigenvalue weighted by atomic mass is 16.5. The summed E-state index contributed by atoms with van der Waals surface area (Å²) in [4.78, 5) is 6.59. The van der Waals surface area contributed by atoms with Gasteiger partial charge in [-0.15, -0.1) is 0 Å². The van der Waals surface area contributed by atoms with E-state index < -0.39 is 0 Å². The molecule has 2 aromatic rings. The molecule has 0 bridgehead atoms. The van der Waals surface area contributed by atoms with Crippen LogP contribution < -0.4 is 15.4 Å². The molecule has 0 radical (unpaired) electrons. The van der Waals surface area contributed by atoms with Gasteiger partial charge in [-0.05, 0) is 42.3 Å². The second kappa shape index (κ2) is 6.47. The number of nitrogens with two attached hydrogens (primary N) is 1. The van der Waals surface area contributed by atoms with Gasteiger partial charge >= 0.3 is 0 Å². The fraction of sp³-hybridized carbons (Fsp3) is 0.467. The fourth-order valence-electron chi connectivity index (χ4n) is 2.41. The van der Waals surface area contributed by atoms with E-state index in [4.69, 9.17) is 15.0 Å². The van der Waals surface area contributed by atoms with Crippen LogP contribution in [0.2, 0.25) is 0 Å². The van der Waals surface area contributed by atoms with Crippen LogP contribution in [0, 0.1) is 0 Å². The van der Waals surface area contributed by atoms with E-state index >= 15 is 0 Å². The molecule has 0 aliphatic carbocycles. The van der Waals surface area contributed by atoms with Crippen molar-refractivity contribution < 1.29 is 9.26 Å². The molecule has 1 fully saturated rings. The SMILES string of the molecule is Nc1ccc(OCc2nc(N3CCCCCC3)no2)cc1. The topological polar surface area (TPSA) is 77.4 Å². The maximum Gasteiger partial charge on any atom is 0.266 e. The standard InChI is InChI=1S/C15H20N4O2/c16-12-5-7-13(8-6-12)20-11-14-17-15(18-21-14)19-9-3-1-2-4-10-19/h5-8H,1-4,9-11,16H2. The van der Waals surface area contributed by atoms with Crippen molar-refractivity contribution in [3.05, 3.63) is 30.2 Å². The zero-order chi connectivity index (χ0) is 14.5. The molecule has 1 aliphatic rings. The van der Waals surface area contributed by atoms with Crippen LogP contribution in [0.5, 0.6) is 5.75 Å². The van der Waals surface area contributed by atoms with E-state index in [1.807, 2.05) is 12.1 Å². The molecule has 1 aromatic heterocycles. The highest BCUT2D eigenvalue weighted by Crippen LogP contribution is 2.18. The van der Waals surface area contributed by atoms with Crippen molar-refractivity contribution in [2.24, 2.45) is 0 Å². The third-order valence-corrected chi connectivity index (χ3v) is 3.59. The van der Waals surface area contributed by atoms with Gasteiger partial charge in [0.2, 0.25) is 0 Å². The van der Waals surface area contributed by atoms with Crippen LogP contribution in [0.15, 0.2) is 28.8 Å². The molecule has 2 heterocycles. The molecule has 21 heavy (non-hydrogen) atoms. The lowest BCUT2D eigenvalue weighted by Crippen LogP contribution is -2.25. The Bertz CT molecular complexity index is 559. The van der Waals surface area contributed by atoms with Gasteiger partial charge in [-0.3, -0.25) is 0 Å². The molecular formula is C15H20N4O2. The maximum atomic E-state index is 5.63. The van der Waals surface area contributed by atoms with Crippen molar-refractivity contribution in [3.63, 3.8) is 0 Å². The van der Waals surface area contributed by atoms with Crippen molar-refractivity contribution >= 4 is 11.6 Å². The number of ether oxygens (including phenoxy) is 1. The zero-order valence-electron chi connectivity index (χ0n) is 12.0. The molecular weight excluding hydrogens is 268 g/mol. The minimum absolute atomic E-state index is 0.269. The summed E-state index contributed by atoms with van der Waals surface area (Å²) >= 11 is 0. The Hall–Kier alpha value is -2.24. The van der Waals surface area contributed by atoms with Gasteiger partial charge in [0.25, 0.3) is 11.8 Å². The largest absolute Gasteiger partial charge is 0.484 e. The Morgan fingerprint density at radius 1 is 1.10 bits per heavy atom. The first-order valence-electron chi connectivity index (χ1n) is 7.37. The van der Waals surface area contributed by atoms with Crippen LogP contribution in [0.25, 0.3) is 0 Å². The van der Waals surface area contributed by atoms with Gasteiger partial charge in [-0.25, -0.2) is 0 Å². The van der Waals surface area contributed by atoms with E-state index in [9.17, 15) is 0 Å². The molecule has 0 amide bonds. The van der Waals surface area contributed by atoms with E-state index in [1.165, 1.54) is 25.7 Å². The highest BCUT2D eigenvalue weighted by molar-refractivity contribution is 5.41. The number of hydrogen-bond donors (Lipinski definition) is 1. The molecule has 0 atom stereocenters. The van der Waals surface area contributed by atoms with Crippen LogP contribution in [0.3, 0.4) is 0 Å². The van der Waals surface area contributed by atoms with Crippen molar-refractivity contribution in [1.82, 2.24) is 10.1 Å². The summed E-state index contributed by atoms with van der Waals surface area (Å²) in [5.41, 5.74) is 6.34. The third kappa shape index (κ3) is 3.65. The predicted octanol–water partition coefficient (Wildman–Crippen LogP) is 2.61. The van der Waals surface area contributed by atoms with Crippen molar-refractivity contribution in [2.75, 3.05) is 23.7 Å². The van der Waals surface area contributed by atoms with E-state index in [-0.39, 0.29) is 6.61 Å². The fourth-order valence-corrected chi connectivity index (χ4v) is 2.41. The Morgan fingerprint density at radius 2 is 1.81 bits per heavy atom. The van der Waals surface area contributed by atoms with Gasteiger partial charge < -0.3 is 19.9 Å². The summed E-state index contributed by atoms with van der Waals surface area (Å²) in [7, 11) is 0. The lowest BCUT2D eigenvalue weighted by molar-refractivity contribution is 0.243. The number of hydrogen-bond acceptors (Lipinski definition) is 6. The van der Waals surface area contributed by atoms with E-state index in [0.717, 1.165) is 18.8 Å². The molecule has 1 aromatic carbocycles. The number of aromatic nitrogens is 2. The van der Waals surface area contributed by atoms with Gasteiger partial charge in [-0.1, -0.05) is 12.8 Å². The average molecular weight is 288 g/mol. The van der Waals surface area contributed by atoms with Crippen molar-refractivity contribution in [1.29, 1.82) is 0 Å². The van der Waals surface area contributed by atoms with Crippen LogP contribution in [0.4, 0.5) is 11.6 Å². The van der Waals surface area contributed by atoms with Crippen molar-refractivity contribution in [3.8, 4) is 5.75 Å². The molecule has 1 saturated heterocycles. The summed E-state index contributed by atoms with van der Waals surface area (Å²) < 4.78 is 10.9. The summed E-state index contributed by atoms with van der Waals surface area (Å²) in [6.07, 6.45) is 4.93. The number of benzene rings is 1. The van der Waals surface area contributed by atoms with Gasteiger partial charge in [0.05, 0.1) is 0 Å². The Balaban J connectivity index is 1.58. The minimum atomic E-state index is 0.269. The minimum Gasteiger partial charge on any atom is -0.484 e. The quantitative estimate of drug-likeness (QED) is 0.871. The first kappa shape index (κ1) is 13.7. The smallest absolute Gasteiger partial charge is 0.266 e. The van der Waals surface area contributed by atoms with E-state index in [1.54, 1.807) is 12.1 Å². The first-order chi connectivity index (χ1) is 10.3. The average Bonchev–Trinajstić information content (AvgIpc) is 2.80. The number of nitrogens with zero attached hydrogens (tertiary/aromatic N) is 3. The number of nitrogen functional groups attached to an aromatic ring is 1. The second-order valence-electron chi connectivity index (χ2n) is 5.25. The van der Waals surface area contributed by atoms with E-state index in [0.29, 0.717) is 17.5 Å². The lowest BCUT2D eigenvalue weighted by Gasteiger charge is -2.16.